The second-order valence-corrected chi connectivity index (χ2v) is 3.16. The lowest BCUT2D eigenvalue weighted by Crippen LogP contribution is -2.41. The van der Waals surface area contributed by atoms with Gasteiger partial charge in [0.25, 0.3) is 0 Å². The lowest BCUT2D eigenvalue weighted by atomic mass is 9.83. The molecule has 0 aromatic rings. The molecular weight excluding hydrogens is 128 g/mol. The van der Waals surface area contributed by atoms with E-state index in [9.17, 15) is 4.91 Å². The normalized spacial score (nSPS) is 41.2. The van der Waals surface area contributed by atoms with Gasteiger partial charge in [0, 0.05) is 6.04 Å². The molecule has 0 aliphatic heterocycles. The van der Waals surface area contributed by atoms with Gasteiger partial charge in [-0.2, -0.15) is 4.91 Å². The first-order valence-corrected chi connectivity index (χ1v) is 3.83. The van der Waals surface area contributed by atoms with E-state index in [1.807, 2.05) is 0 Å². The molecule has 3 nitrogen and oxygen atoms in total. The number of nitroso groups, excluding NO2 is 1. The van der Waals surface area contributed by atoms with Gasteiger partial charge >= 0.3 is 0 Å². The Morgan fingerprint density at radius 1 is 1.50 bits per heavy atom. The summed E-state index contributed by atoms with van der Waals surface area (Å²) in [6, 6.07) is -0.116. The lowest BCUT2D eigenvalue weighted by molar-refractivity contribution is 0.293. The van der Waals surface area contributed by atoms with E-state index in [1.54, 1.807) is 0 Å². The van der Waals surface area contributed by atoms with E-state index in [0.717, 1.165) is 19.3 Å². The van der Waals surface area contributed by atoms with Crippen LogP contribution in [0.2, 0.25) is 0 Å². The van der Waals surface area contributed by atoms with E-state index in [0.29, 0.717) is 5.92 Å². The van der Waals surface area contributed by atoms with Crippen LogP contribution in [-0.4, -0.2) is 12.1 Å². The van der Waals surface area contributed by atoms with Crippen LogP contribution in [0.4, 0.5) is 0 Å². The summed E-state index contributed by atoms with van der Waals surface area (Å²) in [5, 5.41) is 3.00. The number of nitrogens with zero attached hydrogens (tertiary/aromatic N) is 1. The van der Waals surface area contributed by atoms with E-state index in [-0.39, 0.29) is 12.1 Å². The highest BCUT2D eigenvalue weighted by molar-refractivity contribution is 4.87. The summed E-state index contributed by atoms with van der Waals surface area (Å²) in [6.45, 7) is 2.09. The van der Waals surface area contributed by atoms with Gasteiger partial charge in [-0.05, 0) is 18.8 Å². The number of hydrogen-bond donors (Lipinski definition) is 1. The molecule has 1 aliphatic rings. The molecule has 0 radical (unpaired) electrons. The van der Waals surface area contributed by atoms with Gasteiger partial charge in [-0.3, -0.25) is 0 Å². The average Bonchev–Trinajstić information content (AvgIpc) is 1.95. The van der Waals surface area contributed by atoms with Gasteiger partial charge < -0.3 is 5.73 Å². The molecule has 3 atom stereocenters. The van der Waals surface area contributed by atoms with Crippen molar-refractivity contribution < 1.29 is 0 Å². The lowest BCUT2D eigenvalue weighted by Gasteiger charge is -2.28. The zero-order valence-corrected chi connectivity index (χ0v) is 6.29. The smallest absolute Gasteiger partial charge is 0.107 e. The standard InChI is InChI=1S/C7H14N2O/c1-5-3-2-4-6(9-10)7(5)8/h5-7H,2-4,8H2,1H3/t5-,6+,7-/m1/s1. The first kappa shape index (κ1) is 7.66. The first-order chi connectivity index (χ1) is 4.75. The quantitative estimate of drug-likeness (QED) is 0.560. The maximum Gasteiger partial charge on any atom is 0.107 e. The Morgan fingerprint density at radius 3 is 2.70 bits per heavy atom. The minimum Gasteiger partial charge on any atom is -0.326 e. The van der Waals surface area contributed by atoms with Crippen molar-refractivity contribution in [3.63, 3.8) is 0 Å². The van der Waals surface area contributed by atoms with E-state index in [2.05, 4.69) is 12.1 Å². The molecule has 1 rings (SSSR count). The maximum absolute atomic E-state index is 10.2. The SMILES string of the molecule is C[C@@H]1CCC[C@H](N=O)[C@@H]1N. The fourth-order valence-electron chi connectivity index (χ4n) is 1.54. The molecule has 10 heavy (non-hydrogen) atoms. The molecule has 3 heteroatoms. The van der Waals surface area contributed by atoms with Gasteiger partial charge in [-0.1, -0.05) is 18.5 Å². The second-order valence-electron chi connectivity index (χ2n) is 3.16. The Morgan fingerprint density at radius 2 is 2.20 bits per heavy atom. The van der Waals surface area contributed by atoms with Crippen LogP contribution in [0.3, 0.4) is 0 Å². The highest BCUT2D eigenvalue weighted by Crippen LogP contribution is 2.24. The molecule has 0 aromatic carbocycles. The summed E-state index contributed by atoms with van der Waals surface area (Å²) in [5.74, 6) is 0.469. The molecule has 0 unspecified atom stereocenters. The number of hydrogen-bond acceptors (Lipinski definition) is 3. The van der Waals surface area contributed by atoms with Gasteiger partial charge in [0.2, 0.25) is 0 Å². The third-order valence-electron chi connectivity index (χ3n) is 2.40. The van der Waals surface area contributed by atoms with Crippen molar-refractivity contribution >= 4 is 0 Å². The van der Waals surface area contributed by atoms with E-state index in [1.165, 1.54) is 0 Å². The summed E-state index contributed by atoms with van der Waals surface area (Å²) in [5.41, 5.74) is 5.74. The Hall–Kier alpha value is -0.440. The van der Waals surface area contributed by atoms with Crippen LogP contribution in [0.5, 0.6) is 0 Å². The van der Waals surface area contributed by atoms with Crippen LogP contribution < -0.4 is 5.73 Å². The zero-order chi connectivity index (χ0) is 7.56. The largest absolute Gasteiger partial charge is 0.326 e. The summed E-state index contributed by atoms with van der Waals surface area (Å²) < 4.78 is 0. The number of rotatable bonds is 1. The topological polar surface area (TPSA) is 55.5 Å². The predicted molar refractivity (Wildman–Crippen MR) is 40.6 cm³/mol. The summed E-state index contributed by atoms with van der Waals surface area (Å²) in [6.07, 6.45) is 3.13. The fourth-order valence-corrected chi connectivity index (χ4v) is 1.54. The molecule has 0 saturated heterocycles. The van der Waals surface area contributed by atoms with Crippen molar-refractivity contribution in [2.75, 3.05) is 0 Å². The van der Waals surface area contributed by atoms with Crippen molar-refractivity contribution in [1.29, 1.82) is 0 Å². The molecule has 58 valence electrons. The second kappa shape index (κ2) is 3.10. The molecule has 0 bridgehead atoms. The Kier molecular flexibility index (Phi) is 2.38. The summed E-state index contributed by atoms with van der Waals surface area (Å²) in [7, 11) is 0. The Bertz CT molecular complexity index is 127. The van der Waals surface area contributed by atoms with Crippen LogP contribution in [0.1, 0.15) is 26.2 Å². The van der Waals surface area contributed by atoms with E-state index < -0.39 is 0 Å². The third kappa shape index (κ3) is 1.34. The third-order valence-corrected chi connectivity index (χ3v) is 2.40. The van der Waals surface area contributed by atoms with Crippen molar-refractivity contribution in [3.8, 4) is 0 Å². The molecule has 0 spiro atoms. The van der Waals surface area contributed by atoms with Crippen LogP contribution >= 0.6 is 0 Å². The Balaban J connectivity index is 2.50. The molecule has 1 saturated carbocycles. The monoisotopic (exact) mass is 142 g/mol. The number of nitrogens with two attached hydrogens (primary N) is 1. The molecular formula is C7H14N2O. The summed E-state index contributed by atoms with van der Waals surface area (Å²) >= 11 is 0. The van der Waals surface area contributed by atoms with E-state index in [4.69, 9.17) is 5.73 Å². The van der Waals surface area contributed by atoms with Crippen molar-refractivity contribution in [2.24, 2.45) is 16.8 Å². The van der Waals surface area contributed by atoms with Crippen LogP contribution in [0, 0.1) is 10.8 Å². The van der Waals surface area contributed by atoms with Gasteiger partial charge in [0.05, 0.1) is 0 Å². The Labute approximate surface area is 61.0 Å². The molecule has 0 amide bonds. The van der Waals surface area contributed by atoms with Crippen LogP contribution in [0.25, 0.3) is 0 Å². The van der Waals surface area contributed by atoms with Crippen LogP contribution in [0.15, 0.2) is 5.18 Å². The molecule has 1 aliphatic carbocycles. The van der Waals surface area contributed by atoms with Crippen molar-refractivity contribution in [2.45, 2.75) is 38.3 Å². The molecule has 0 heterocycles. The van der Waals surface area contributed by atoms with Gasteiger partial charge in [0.1, 0.15) is 6.04 Å². The van der Waals surface area contributed by atoms with E-state index >= 15 is 0 Å². The fraction of sp³-hybridized carbons (Fsp3) is 1.00. The van der Waals surface area contributed by atoms with Gasteiger partial charge in [-0.25, -0.2) is 0 Å². The minimum atomic E-state index is -0.122. The van der Waals surface area contributed by atoms with Crippen molar-refractivity contribution in [1.82, 2.24) is 0 Å². The molecule has 1 fully saturated rings. The molecule has 2 N–H and O–H groups in total. The molecule has 0 aromatic heterocycles. The highest BCUT2D eigenvalue weighted by atomic mass is 16.3. The minimum absolute atomic E-state index is 0.00579. The predicted octanol–water partition coefficient (Wildman–Crippen LogP) is 1.27. The first-order valence-electron chi connectivity index (χ1n) is 3.83. The zero-order valence-electron chi connectivity index (χ0n) is 6.29. The average molecular weight is 142 g/mol. The highest BCUT2D eigenvalue weighted by Gasteiger charge is 2.27. The van der Waals surface area contributed by atoms with Gasteiger partial charge in [-0.15, -0.1) is 0 Å². The maximum atomic E-state index is 10.2. The summed E-state index contributed by atoms with van der Waals surface area (Å²) in [4.78, 5) is 10.2. The van der Waals surface area contributed by atoms with Crippen LogP contribution in [-0.2, 0) is 0 Å². The van der Waals surface area contributed by atoms with Crippen molar-refractivity contribution in [3.05, 3.63) is 4.91 Å². The van der Waals surface area contributed by atoms with Gasteiger partial charge in [0.15, 0.2) is 0 Å².